The van der Waals surface area contributed by atoms with Gasteiger partial charge in [-0.1, -0.05) is 71.9 Å². The second kappa shape index (κ2) is 9.13. The molecule has 0 bridgehead atoms. The Bertz CT molecular complexity index is 1160. The molecule has 0 radical (unpaired) electrons. The van der Waals surface area contributed by atoms with Gasteiger partial charge in [-0.05, 0) is 42.3 Å². The van der Waals surface area contributed by atoms with E-state index in [1.54, 1.807) is 0 Å². The zero-order valence-electron chi connectivity index (χ0n) is 17.1. The molecule has 1 N–H and O–H groups in total. The van der Waals surface area contributed by atoms with Crippen molar-refractivity contribution >= 4 is 34.1 Å². The molecule has 0 unspecified atom stereocenters. The quantitative estimate of drug-likeness (QED) is 0.427. The largest absolute Gasteiger partial charge is 0.325 e. The molecular formula is C24H24N4OS. The van der Waals surface area contributed by atoms with Crippen molar-refractivity contribution in [1.82, 2.24) is 14.8 Å². The maximum absolute atomic E-state index is 12.3. The Labute approximate surface area is 180 Å². The predicted molar refractivity (Wildman–Crippen MR) is 123 cm³/mol. The number of nitrogens with one attached hydrogen (secondary N) is 1. The minimum atomic E-state index is -0.0508. The molecule has 1 heterocycles. The number of fused-ring (bicyclic) bond motifs is 1. The van der Waals surface area contributed by atoms with E-state index in [1.807, 2.05) is 31.2 Å². The van der Waals surface area contributed by atoms with E-state index >= 15 is 0 Å². The molecule has 0 atom stereocenters. The van der Waals surface area contributed by atoms with Gasteiger partial charge >= 0.3 is 0 Å². The molecule has 4 rings (SSSR count). The van der Waals surface area contributed by atoms with Gasteiger partial charge in [0.25, 0.3) is 0 Å². The first-order valence-electron chi connectivity index (χ1n) is 10.0. The van der Waals surface area contributed by atoms with Crippen molar-refractivity contribution in [3.63, 3.8) is 0 Å². The topological polar surface area (TPSA) is 59.8 Å². The molecule has 0 aliphatic rings. The normalized spacial score (nSPS) is 11.0. The fourth-order valence-corrected chi connectivity index (χ4v) is 4.28. The second-order valence-electron chi connectivity index (χ2n) is 7.16. The van der Waals surface area contributed by atoms with Gasteiger partial charge in [0.05, 0.1) is 5.75 Å². The maximum atomic E-state index is 12.3. The van der Waals surface area contributed by atoms with E-state index in [4.69, 9.17) is 0 Å². The van der Waals surface area contributed by atoms with Crippen molar-refractivity contribution in [1.29, 1.82) is 0 Å². The number of thioether (sulfide) groups is 1. The first-order chi connectivity index (χ1) is 14.6. The summed E-state index contributed by atoms with van der Waals surface area (Å²) < 4.78 is 2.09. The first kappa shape index (κ1) is 20.2. The lowest BCUT2D eigenvalue weighted by atomic mass is 10.0. The monoisotopic (exact) mass is 416 g/mol. The van der Waals surface area contributed by atoms with E-state index in [0.717, 1.165) is 28.8 Å². The van der Waals surface area contributed by atoms with Crippen molar-refractivity contribution in [2.24, 2.45) is 0 Å². The highest BCUT2D eigenvalue weighted by molar-refractivity contribution is 7.99. The third-order valence-electron chi connectivity index (χ3n) is 5.01. The molecule has 0 saturated carbocycles. The summed E-state index contributed by atoms with van der Waals surface area (Å²) >= 11 is 1.41. The molecule has 0 saturated heterocycles. The highest BCUT2D eigenvalue weighted by Gasteiger charge is 2.14. The van der Waals surface area contributed by atoms with Gasteiger partial charge in [0.2, 0.25) is 5.91 Å². The molecule has 0 spiro atoms. The second-order valence-corrected chi connectivity index (χ2v) is 8.10. The van der Waals surface area contributed by atoms with Crippen LogP contribution in [0.1, 0.15) is 23.9 Å². The first-order valence-corrected chi connectivity index (χ1v) is 11.0. The summed E-state index contributed by atoms with van der Waals surface area (Å²) in [6, 6.07) is 22.5. The molecule has 5 nitrogen and oxygen atoms in total. The fourth-order valence-electron chi connectivity index (χ4n) is 3.46. The Morgan fingerprint density at radius 1 is 1.00 bits per heavy atom. The van der Waals surface area contributed by atoms with Crippen LogP contribution < -0.4 is 5.32 Å². The number of aromatic nitrogens is 3. The van der Waals surface area contributed by atoms with Crippen LogP contribution in [-0.2, 0) is 17.8 Å². The van der Waals surface area contributed by atoms with E-state index in [2.05, 4.69) is 69.5 Å². The summed E-state index contributed by atoms with van der Waals surface area (Å²) in [5.74, 6) is 1.15. The lowest BCUT2D eigenvalue weighted by molar-refractivity contribution is -0.113. The minimum absolute atomic E-state index is 0.0508. The Balaban J connectivity index is 1.45. The summed E-state index contributed by atoms with van der Waals surface area (Å²) in [6.07, 6.45) is 0.707. The molecule has 0 aliphatic heterocycles. The summed E-state index contributed by atoms with van der Waals surface area (Å²) in [6.45, 7) is 4.86. The van der Waals surface area contributed by atoms with E-state index < -0.39 is 0 Å². The third-order valence-corrected chi connectivity index (χ3v) is 5.97. The van der Waals surface area contributed by atoms with E-state index in [9.17, 15) is 4.79 Å². The number of aryl methyl sites for hydroxylation is 1. The highest BCUT2D eigenvalue weighted by atomic mass is 32.2. The average Bonchev–Trinajstić information content (AvgIpc) is 3.15. The van der Waals surface area contributed by atoms with Gasteiger partial charge in [0.1, 0.15) is 5.82 Å². The Hall–Kier alpha value is -3.12. The molecule has 30 heavy (non-hydrogen) atoms. The van der Waals surface area contributed by atoms with Crippen molar-refractivity contribution in [2.75, 3.05) is 11.1 Å². The van der Waals surface area contributed by atoms with Gasteiger partial charge in [-0.25, -0.2) is 0 Å². The zero-order valence-corrected chi connectivity index (χ0v) is 17.9. The standard InChI is InChI=1S/C24H24N4OS/c1-3-28-22(15-19-9-6-8-18-7-4-5-10-21(18)19)26-27-24(28)30-16-23(29)25-20-13-11-17(2)12-14-20/h4-14H,3,15-16H2,1-2H3,(H,25,29). The molecule has 1 amide bonds. The number of carbonyl (C=O) groups excluding carboxylic acids is 1. The fraction of sp³-hybridized carbons (Fsp3) is 0.208. The summed E-state index contributed by atoms with van der Waals surface area (Å²) in [4.78, 5) is 12.3. The van der Waals surface area contributed by atoms with Crippen LogP contribution in [0.4, 0.5) is 5.69 Å². The van der Waals surface area contributed by atoms with Gasteiger partial charge in [0.15, 0.2) is 5.16 Å². The minimum Gasteiger partial charge on any atom is -0.325 e. The Kier molecular flexibility index (Phi) is 6.14. The van der Waals surface area contributed by atoms with Gasteiger partial charge in [-0.15, -0.1) is 10.2 Å². The molecule has 0 fully saturated rings. The Morgan fingerprint density at radius 3 is 2.57 bits per heavy atom. The summed E-state index contributed by atoms with van der Waals surface area (Å²) in [5, 5.41) is 14.9. The van der Waals surface area contributed by atoms with E-state index in [1.165, 1.54) is 28.1 Å². The van der Waals surface area contributed by atoms with Crippen LogP contribution in [0.5, 0.6) is 0 Å². The third kappa shape index (κ3) is 4.54. The van der Waals surface area contributed by atoms with Crippen LogP contribution in [0.25, 0.3) is 10.8 Å². The SMILES string of the molecule is CCn1c(Cc2cccc3ccccc23)nnc1SCC(=O)Nc1ccc(C)cc1. The number of hydrogen-bond donors (Lipinski definition) is 1. The number of nitrogens with zero attached hydrogens (tertiary/aromatic N) is 3. The number of anilines is 1. The number of hydrogen-bond acceptors (Lipinski definition) is 4. The number of benzene rings is 3. The molecular weight excluding hydrogens is 392 g/mol. The van der Waals surface area contributed by atoms with Crippen LogP contribution in [-0.4, -0.2) is 26.4 Å². The molecule has 1 aromatic heterocycles. The van der Waals surface area contributed by atoms with Crippen LogP contribution >= 0.6 is 11.8 Å². The van der Waals surface area contributed by atoms with Crippen molar-refractivity contribution in [2.45, 2.75) is 32.0 Å². The van der Waals surface area contributed by atoms with Gasteiger partial charge in [0, 0.05) is 18.7 Å². The van der Waals surface area contributed by atoms with Crippen LogP contribution in [0.15, 0.2) is 71.9 Å². The molecule has 0 aliphatic carbocycles. The van der Waals surface area contributed by atoms with E-state index in [0.29, 0.717) is 12.2 Å². The average molecular weight is 417 g/mol. The van der Waals surface area contributed by atoms with Gasteiger partial charge < -0.3 is 9.88 Å². The zero-order chi connectivity index (χ0) is 20.9. The molecule has 3 aromatic carbocycles. The van der Waals surface area contributed by atoms with Crippen LogP contribution in [0, 0.1) is 6.92 Å². The lowest BCUT2D eigenvalue weighted by Crippen LogP contribution is -2.14. The van der Waals surface area contributed by atoms with Crippen molar-refractivity contribution < 1.29 is 4.79 Å². The molecule has 4 aromatic rings. The van der Waals surface area contributed by atoms with E-state index in [-0.39, 0.29) is 5.91 Å². The van der Waals surface area contributed by atoms with Gasteiger partial charge in [-0.3, -0.25) is 4.79 Å². The highest BCUT2D eigenvalue weighted by Crippen LogP contribution is 2.23. The van der Waals surface area contributed by atoms with Crippen LogP contribution in [0.2, 0.25) is 0 Å². The summed E-state index contributed by atoms with van der Waals surface area (Å²) in [7, 11) is 0. The van der Waals surface area contributed by atoms with Gasteiger partial charge in [-0.2, -0.15) is 0 Å². The number of amides is 1. The smallest absolute Gasteiger partial charge is 0.234 e. The predicted octanol–water partition coefficient (Wildman–Crippen LogP) is 5.08. The van der Waals surface area contributed by atoms with Crippen molar-refractivity contribution in [3.8, 4) is 0 Å². The molecule has 152 valence electrons. The van der Waals surface area contributed by atoms with Crippen molar-refractivity contribution in [3.05, 3.63) is 83.7 Å². The maximum Gasteiger partial charge on any atom is 0.234 e. The Morgan fingerprint density at radius 2 is 1.77 bits per heavy atom. The molecule has 6 heteroatoms. The summed E-state index contributed by atoms with van der Waals surface area (Å²) in [5.41, 5.74) is 3.20. The number of carbonyl (C=O) groups is 1. The van der Waals surface area contributed by atoms with Crippen LogP contribution in [0.3, 0.4) is 0 Å². The number of rotatable bonds is 7. The lowest BCUT2D eigenvalue weighted by Gasteiger charge is -2.09.